The van der Waals surface area contributed by atoms with Gasteiger partial charge in [-0.15, -0.1) is 0 Å². The third-order valence-corrected chi connectivity index (χ3v) is 1.62. The molecule has 0 aliphatic rings. The minimum absolute atomic E-state index is 0. The standard InChI is InChI=1S/C4H5O4P.K.H2O.H/c5-9(6,7)4-2-1-3-8-4;;;/h1-3H,(H2,5,6,7);;1H2;. The predicted molar refractivity (Wildman–Crippen MR) is 41.1 cm³/mol. The summed E-state index contributed by atoms with van der Waals surface area (Å²) in [5.41, 5.74) is -0.289. The average Bonchev–Trinajstić information content (AvgIpc) is 2.08. The van der Waals surface area contributed by atoms with Crippen molar-refractivity contribution in [2.24, 2.45) is 0 Å². The van der Waals surface area contributed by atoms with E-state index in [9.17, 15) is 4.57 Å². The van der Waals surface area contributed by atoms with E-state index in [1.54, 1.807) is 0 Å². The van der Waals surface area contributed by atoms with Crippen molar-refractivity contribution in [1.82, 2.24) is 0 Å². The van der Waals surface area contributed by atoms with Gasteiger partial charge in [0.25, 0.3) is 0 Å². The van der Waals surface area contributed by atoms with E-state index in [0.29, 0.717) is 0 Å². The van der Waals surface area contributed by atoms with E-state index in [0.717, 1.165) is 0 Å². The summed E-state index contributed by atoms with van der Waals surface area (Å²) in [6.45, 7) is 0. The third-order valence-electron chi connectivity index (χ3n) is 0.793. The van der Waals surface area contributed by atoms with Gasteiger partial charge in [0.15, 0.2) is 0 Å². The second kappa shape index (κ2) is 5.63. The van der Waals surface area contributed by atoms with Gasteiger partial charge in [-0.3, -0.25) is 4.57 Å². The fourth-order valence-corrected chi connectivity index (χ4v) is 0.914. The van der Waals surface area contributed by atoms with Gasteiger partial charge in [-0.1, -0.05) is 0 Å². The van der Waals surface area contributed by atoms with E-state index in [1.165, 1.54) is 18.4 Å². The van der Waals surface area contributed by atoms with Crippen LogP contribution in [0.5, 0.6) is 0 Å². The zero-order valence-electron chi connectivity index (χ0n) is 4.89. The van der Waals surface area contributed by atoms with Gasteiger partial charge in [-0.2, -0.15) is 0 Å². The first kappa shape index (κ1) is 14.5. The molecule has 0 spiro atoms. The molecule has 4 N–H and O–H groups in total. The number of hydrogen-bond donors (Lipinski definition) is 2. The molecule has 0 aliphatic heterocycles. The Kier molecular flexibility index (Phi) is 7.45. The fourth-order valence-electron chi connectivity index (χ4n) is 0.436. The Hall–Kier alpha value is 1.03. The first-order chi connectivity index (χ1) is 4.11. The molecule has 0 radical (unpaired) electrons. The summed E-state index contributed by atoms with van der Waals surface area (Å²) in [6.07, 6.45) is 1.22. The van der Waals surface area contributed by atoms with Gasteiger partial charge in [0, 0.05) is 0 Å². The molecular weight excluding hydrogens is 198 g/mol. The van der Waals surface area contributed by atoms with E-state index in [1.807, 2.05) is 0 Å². The molecule has 1 rings (SSSR count). The van der Waals surface area contributed by atoms with Crippen molar-refractivity contribution in [2.45, 2.75) is 0 Å². The van der Waals surface area contributed by atoms with E-state index in [-0.39, 0.29) is 62.4 Å². The summed E-state index contributed by atoms with van der Waals surface area (Å²) in [7, 11) is -4.14. The number of rotatable bonds is 1. The Morgan fingerprint density at radius 2 is 2.00 bits per heavy atom. The Morgan fingerprint density at radius 3 is 2.18 bits per heavy atom. The fraction of sp³-hybridized carbons (Fsp3) is 0. The van der Waals surface area contributed by atoms with Crippen molar-refractivity contribution in [1.29, 1.82) is 0 Å². The van der Waals surface area contributed by atoms with Crippen LogP contribution < -0.4 is 5.50 Å². The molecule has 0 amide bonds. The van der Waals surface area contributed by atoms with Crippen molar-refractivity contribution in [2.75, 3.05) is 0 Å². The van der Waals surface area contributed by atoms with Crippen LogP contribution in [0.15, 0.2) is 22.8 Å². The Morgan fingerprint density at radius 1 is 1.45 bits per heavy atom. The summed E-state index contributed by atoms with van der Waals surface area (Å²) in [6, 6.07) is 2.66. The van der Waals surface area contributed by atoms with Crippen LogP contribution in [0, 0.1) is 0 Å². The monoisotopic (exact) mass is 206 g/mol. The van der Waals surface area contributed by atoms with Crippen molar-refractivity contribution < 1.29 is 24.2 Å². The first-order valence-corrected chi connectivity index (χ1v) is 3.81. The molecule has 0 saturated carbocycles. The number of furan rings is 1. The first-order valence-electron chi connectivity index (χ1n) is 2.20. The predicted octanol–water partition coefficient (Wildman–Crippen LogP) is -1.39. The summed E-state index contributed by atoms with van der Waals surface area (Å²) in [4.78, 5) is 16.8. The maximum absolute atomic E-state index is 10.3. The molecule has 0 atom stereocenters. The van der Waals surface area contributed by atoms with Crippen LogP contribution in [0.1, 0.15) is 0 Å². The molecule has 60 valence electrons. The van der Waals surface area contributed by atoms with Crippen molar-refractivity contribution in [3.05, 3.63) is 18.4 Å². The molecule has 0 aromatic carbocycles. The number of hydrogen-bond acceptors (Lipinski definition) is 2. The van der Waals surface area contributed by atoms with Crippen LogP contribution in [0.3, 0.4) is 0 Å². The molecule has 7 heteroatoms. The van der Waals surface area contributed by atoms with E-state index in [2.05, 4.69) is 4.42 Å². The van der Waals surface area contributed by atoms with Crippen LogP contribution in [0.25, 0.3) is 0 Å². The average molecular weight is 206 g/mol. The Bertz CT molecular complexity index is 227. The van der Waals surface area contributed by atoms with E-state index in [4.69, 9.17) is 9.79 Å². The molecule has 1 heterocycles. The maximum atomic E-state index is 10.3. The zero-order valence-corrected chi connectivity index (χ0v) is 5.78. The van der Waals surface area contributed by atoms with Crippen LogP contribution >= 0.6 is 7.60 Å². The van der Waals surface area contributed by atoms with Crippen LogP contribution in [-0.2, 0) is 4.57 Å². The summed E-state index contributed by atoms with van der Waals surface area (Å²) in [5, 5.41) is 0. The summed E-state index contributed by atoms with van der Waals surface area (Å²) < 4.78 is 14.7. The van der Waals surface area contributed by atoms with E-state index < -0.39 is 7.60 Å². The normalized spacial score (nSPS) is 9.64. The minimum atomic E-state index is -4.14. The van der Waals surface area contributed by atoms with E-state index >= 15 is 0 Å². The van der Waals surface area contributed by atoms with Crippen molar-refractivity contribution in [3.8, 4) is 0 Å². The Balaban J connectivity index is 0. The van der Waals surface area contributed by atoms with Crippen molar-refractivity contribution in [3.63, 3.8) is 0 Å². The van der Waals surface area contributed by atoms with Crippen LogP contribution in [-0.4, -0.2) is 66.6 Å². The van der Waals surface area contributed by atoms with Gasteiger partial charge >= 0.3 is 59.0 Å². The molecule has 0 saturated heterocycles. The quantitative estimate of drug-likeness (QED) is 0.436. The summed E-state index contributed by atoms with van der Waals surface area (Å²) >= 11 is 0. The van der Waals surface area contributed by atoms with Gasteiger partial charge < -0.3 is 19.7 Å². The SMILES string of the molecule is O.O=P(O)(O)c1ccco1.[KH]. The summed E-state index contributed by atoms with van der Waals surface area (Å²) in [5.74, 6) is 0. The topological polar surface area (TPSA) is 102 Å². The van der Waals surface area contributed by atoms with Gasteiger partial charge in [-0.25, -0.2) is 0 Å². The molecule has 0 unspecified atom stereocenters. The van der Waals surface area contributed by atoms with Gasteiger partial charge in [0.05, 0.1) is 6.26 Å². The molecule has 1 aromatic heterocycles. The molecule has 0 fully saturated rings. The van der Waals surface area contributed by atoms with Crippen molar-refractivity contribution >= 4 is 64.5 Å². The second-order valence-electron chi connectivity index (χ2n) is 1.50. The zero-order chi connectivity index (χ0) is 6.91. The van der Waals surface area contributed by atoms with Gasteiger partial charge in [-0.05, 0) is 12.1 Å². The Labute approximate surface area is 106 Å². The molecule has 0 bridgehead atoms. The molecule has 1 aromatic rings. The molecule has 0 aliphatic carbocycles. The third kappa shape index (κ3) is 4.57. The van der Waals surface area contributed by atoms with Gasteiger partial charge in [0.1, 0.15) is 0 Å². The van der Waals surface area contributed by atoms with Gasteiger partial charge in [0.2, 0.25) is 5.50 Å². The molecule has 11 heavy (non-hydrogen) atoms. The van der Waals surface area contributed by atoms with Crippen LogP contribution in [0.2, 0.25) is 0 Å². The van der Waals surface area contributed by atoms with Crippen LogP contribution in [0.4, 0.5) is 0 Å². The second-order valence-corrected chi connectivity index (χ2v) is 3.02. The molecule has 5 nitrogen and oxygen atoms in total. The molecular formula is C4H8KO5P.